The fourth-order valence-corrected chi connectivity index (χ4v) is 2.27. The Balaban J connectivity index is 2.14. The Bertz CT molecular complexity index is 517. The van der Waals surface area contributed by atoms with Crippen LogP contribution in [0.2, 0.25) is 0 Å². The summed E-state index contributed by atoms with van der Waals surface area (Å²) in [5.41, 5.74) is 3.73. The molecule has 1 aliphatic rings. The zero-order valence-corrected chi connectivity index (χ0v) is 9.85. The van der Waals surface area contributed by atoms with E-state index in [-0.39, 0.29) is 0 Å². The molecule has 0 unspecified atom stereocenters. The third kappa shape index (κ3) is 1.72. The minimum Gasteiger partial charge on any atom is -0.312 e. The second-order valence-electron chi connectivity index (χ2n) is 4.11. The van der Waals surface area contributed by atoms with Crippen LogP contribution in [0.15, 0.2) is 18.5 Å². The zero-order chi connectivity index (χ0) is 11.7. The highest BCUT2D eigenvalue weighted by Crippen LogP contribution is 2.20. The molecule has 0 aliphatic carbocycles. The van der Waals surface area contributed by atoms with Crippen LogP contribution in [0.25, 0.3) is 5.95 Å². The Kier molecular flexibility index (Phi) is 2.60. The summed E-state index contributed by atoms with van der Waals surface area (Å²) in [6.45, 7) is 4.04. The summed E-state index contributed by atoms with van der Waals surface area (Å²) in [6, 6.07) is 1.82. The summed E-state index contributed by atoms with van der Waals surface area (Å²) < 4.78 is 1.90. The quantitative estimate of drug-likeness (QED) is 0.830. The van der Waals surface area contributed by atoms with E-state index in [9.17, 15) is 0 Å². The SMILES string of the molecule is CCc1nn(-c2ncccn2)c2c1CNCC2. The minimum atomic E-state index is 0.672. The molecule has 17 heavy (non-hydrogen) atoms. The Morgan fingerprint density at radius 1 is 1.35 bits per heavy atom. The van der Waals surface area contributed by atoms with Crippen molar-refractivity contribution in [2.75, 3.05) is 6.54 Å². The molecule has 5 heteroatoms. The van der Waals surface area contributed by atoms with Gasteiger partial charge in [-0.3, -0.25) is 0 Å². The van der Waals surface area contributed by atoms with Crippen molar-refractivity contribution in [2.45, 2.75) is 26.3 Å². The molecule has 0 radical (unpaired) electrons. The molecular weight excluding hydrogens is 214 g/mol. The average molecular weight is 229 g/mol. The summed E-state index contributed by atoms with van der Waals surface area (Å²) in [5.74, 6) is 0.672. The van der Waals surface area contributed by atoms with Gasteiger partial charge in [-0.2, -0.15) is 5.10 Å². The van der Waals surface area contributed by atoms with Gasteiger partial charge in [0.05, 0.1) is 11.4 Å². The molecule has 0 aromatic carbocycles. The van der Waals surface area contributed by atoms with Crippen LogP contribution < -0.4 is 5.32 Å². The van der Waals surface area contributed by atoms with Gasteiger partial charge >= 0.3 is 0 Å². The molecule has 3 rings (SSSR count). The third-order valence-electron chi connectivity index (χ3n) is 3.09. The monoisotopic (exact) mass is 229 g/mol. The molecule has 2 aromatic heterocycles. The molecule has 0 saturated heterocycles. The molecule has 0 saturated carbocycles. The molecule has 0 fully saturated rings. The summed E-state index contributed by atoms with van der Waals surface area (Å²) >= 11 is 0. The molecule has 0 amide bonds. The maximum Gasteiger partial charge on any atom is 0.250 e. The molecule has 88 valence electrons. The summed E-state index contributed by atoms with van der Waals surface area (Å²) in [7, 11) is 0. The highest BCUT2D eigenvalue weighted by Gasteiger charge is 2.21. The van der Waals surface area contributed by atoms with Crippen LogP contribution in [0.3, 0.4) is 0 Å². The van der Waals surface area contributed by atoms with Crippen LogP contribution >= 0.6 is 0 Å². The van der Waals surface area contributed by atoms with Gasteiger partial charge in [-0.15, -0.1) is 0 Å². The van der Waals surface area contributed by atoms with Crippen LogP contribution in [0.1, 0.15) is 23.9 Å². The lowest BCUT2D eigenvalue weighted by atomic mass is 10.1. The van der Waals surface area contributed by atoms with Crippen molar-refractivity contribution in [3.8, 4) is 5.95 Å². The van der Waals surface area contributed by atoms with Gasteiger partial charge in [-0.05, 0) is 12.5 Å². The van der Waals surface area contributed by atoms with Crippen molar-refractivity contribution in [1.82, 2.24) is 25.1 Å². The Labute approximate surface area is 99.9 Å². The summed E-state index contributed by atoms with van der Waals surface area (Å²) in [5, 5.41) is 8.02. The second-order valence-corrected chi connectivity index (χ2v) is 4.11. The van der Waals surface area contributed by atoms with Gasteiger partial charge in [0.2, 0.25) is 0 Å². The smallest absolute Gasteiger partial charge is 0.250 e. The lowest BCUT2D eigenvalue weighted by Gasteiger charge is -2.14. The van der Waals surface area contributed by atoms with E-state index in [2.05, 4.69) is 27.3 Å². The van der Waals surface area contributed by atoms with Gasteiger partial charge in [0.15, 0.2) is 0 Å². The van der Waals surface area contributed by atoms with Crippen LogP contribution in [0, 0.1) is 0 Å². The van der Waals surface area contributed by atoms with Crippen molar-refractivity contribution < 1.29 is 0 Å². The number of aryl methyl sites for hydroxylation is 1. The number of hydrogen-bond donors (Lipinski definition) is 1. The zero-order valence-electron chi connectivity index (χ0n) is 9.85. The fraction of sp³-hybridized carbons (Fsp3) is 0.417. The topological polar surface area (TPSA) is 55.6 Å². The number of rotatable bonds is 2. The van der Waals surface area contributed by atoms with Crippen LogP contribution in [-0.2, 0) is 19.4 Å². The fourth-order valence-electron chi connectivity index (χ4n) is 2.27. The first-order valence-corrected chi connectivity index (χ1v) is 5.98. The maximum absolute atomic E-state index is 4.63. The van der Waals surface area contributed by atoms with Crippen molar-refractivity contribution in [1.29, 1.82) is 0 Å². The highest BCUT2D eigenvalue weighted by atomic mass is 15.4. The van der Waals surface area contributed by atoms with Gasteiger partial charge in [-0.1, -0.05) is 6.92 Å². The van der Waals surface area contributed by atoms with Crippen LogP contribution in [0.5, 0.6) is 0 Å². The Morgan fingerprint density at radius 2 is 2.18 bits per heavy atom. The first-order chi connectivity index (χ1) is 8.40. The summed E-state index contributed by atoms with van der Waals surface area (Å²) in [6.07, 6.45) is 5.44. The molecule has 3 heterocycles. The number of nitrogens with zero attached hydrogens (tertiary/aromatic N) is 4. The molecule has 2 aromatic rings. The highest BCUT2D eigenvalue weighted by molar-refractivity contribution is 5.32. The largest absolute Gasteiger partial charge is 0.312 e. The maximum atomic E-state index is 4.63. The molecule has 5 nitrogen and oxygen atoms in total. The lowest BCUT2D eigenvalue weighted by Crippen LogP contribution is -2.25. The number of aromatic nitrogens is 4. The predicted octanol–water partition coefficient (Wildman–Crippen LogP) is 0.870. The average Bonchev–Trinajstić information content (AvgIpc) is 2.78. The first kappa shape index (κ1) is 10.4. The standard InChI is InChI=1S/C12H15N5/c1-2-10-9-8-13-7-4-11(9)17(16-10)12-14-5-3-6-15-12/h3,5-6,13H,2,4,7-8H2,1H3. The first-order valence-electron chi connectivity index (χ1n) is 5.98. The van der Waals surface area contributed by atoms with E-state index in [0.717, 1.165) is 31.6 Å². The van der Waals surface area contributed by atoms with E-state index in [1.807, 2.05) is 10.7 Å². The molecule has 0 atom stereocenters. The van der Waals surface area contributed by atoms with E-state index >= 15 is 0 Å². The van der Waals surface area contributed by atoms with Crippen molar-refractivity contribution in [3.05, 3.63) is 35.4 Å². The third-order valence-corrected chi connectivity index (χ3v) is 3.09. The Hall–Kier alpha value is -1.75. The number of fused-ring (bicyclic) bond motifs is 1. The van der Waals surface area contributed by atoms with Gasteiger partial charge < -0.3 is 5.32 Å². The molecule has 1 aliphatic heterocycles. The van der Waals surface area contributed by atoms with E-state index in [1.54, 1.807) is 12.4 Å². The van der Waals surface area contributed by atoms with E-state index < -0.39 is 0 Å². The number of nitrogens with one attached hydrogen (secondary N) is 1. The van der Waals surface area contributed by atoms with Gasteiger partial charge in [0.25, 0.3) is 5.95 Å². The summed E-state index contributed by atoms with van der Waals surface area (Å²) in [4.78, 5) is 8.55. The van der Waals surface area contributed by atoms with Gasteiger partial charge in [-0.25, -0.2) is 14.6 Å². The second kappa shape index (κ2) is 4.25. The van der Waals surface area contributed by atoms with E-state index in [1.165, 1.54) is 11.3 Å². The minimum absolute atomic E-state index is 0.672. The van der Waals surface area contributed by atoms with Gasteiger partial charge in [0, 0.05) is 37.5 Å². The van der Waals surface area contributed by atoms with Crippen molar-refractivity contribution >= 4 is 0 Å². The normalized spacial score (nSPS) is 14.6. The molecular formula is C12H15N5. The Morgan fingerprint density at radius 3 is 2.94 bits per heavy atom. The molecule has 0 bridgehead atoms. The van der Waals surface area contributed by atoms with Crippen LogP contribution in [0.4, 0.5) is 0 Å². The molecule has 0 spiro atoms. The van der Waals surface area contributed by atoms with Crippen LogP contribution in [-0.4, -0.2) is 26.3 Å². The van der Waals surface area contributed by atoms with Gasteiger partial charge in [0.1, 0.15) is 0 Å². The van der Waals surface area contributed by atoms with E-state index in [0.29, 0.717) is 5.95 Å². The van der Waals surface area contributed by atoms with Crippen molar-refractivity contribution in [3.63, 3.8) is 0 Å². The van der Waals surface area contributed by atoms with Crippen molar-refractivity contribution in [2.24, 2.45) is 0 Å². The predicted molar refractivity (Wildman–Crippen MR) is 63.9 cm³/mol. The molecule has 1 N–H and O–H groups in total. The van der Waals surface area contributed by atoms with E-state index in [4.69, 9.17) is 0 Å². The number of hydrogen-bond acceptors (Lipinski definition) is 4. The lowest BCUT2D eigenvalue weighted by molar-refractivity contribution is 0.616.